The number of ether oxygens (including phenoxy) is 1. The maximum absolute atomic E-state index is 11.7. The molecule has 1 rings (SSSR count). The molecule has 0 spiro atoms. The molecule has 0 saturated carbocycles. The molecule has 0 saturated heterocycles. The topological polar surface area (TPSA) is 62.7 Å². The Morgan fingerprint density at radius 1 is 1.47 bits per heavy atom. The number of hydrogen-bond donors (Lipinski definition) is 1. The van der Waals surface area contributed by atoms with Crippen LogP contribution < -0.4 is 0 Å². The fourth-order valence-corrected chi connectivity index (χ4v) is 1.86. The number of nitrogens with zero attached hydrogens (tertiary/aromatic N) is 2. The van der Waals surface area contributed by atoms with Crippen LogP contribution >= 0.6 is 0 Å². The summed E-state index contributed by atoms with van der Waals surface area (Å²) in [6, 6.07) is 3.43. The van der Waals surface area contributed by atoms with Crippen molar-refractivity contribution in [2.45, 2.75) is 26.3 Å². The highest BCUT2D eigenvalue weighted by Gasteiger charge is 2.15. The number of carbonyl (C=O) groups excluding carboxylic acids is 1. The molecule has 106 valence electrons. The normalized spacial score (nSPS) is 10.7. The van der Waals surface area contributed by atoms with Gasteiger partial charge < -0.3 is 9.84 Å². The molecule has 0 atom stereocenters. The van der Waals surface area contributed by atoms with Crippen molar-refractivity contribution in [3.05, 3.63) is 29.6 Å². The predicted molar refractivity (Wildman–Crippen MR) is 72.8 cm³/mol. The van der Waals surface area contributed by atoms with Gasteiger partial charge in [0.1, 0.15) is 0 Å². The average molecular weight is 266 g/mol. The highest BCUT2D eigenvalue weighted by Crippen LogP contribution is 2.10. The van der Waals surface area contributed by atoms with Gasteiger partial charge in [-0.05, 0) is 25.1 Å². The summed E-state index contributed by atoms with van der Waals surface area (Å²) in [6.07, 6.45) is 3.81. The third-order valence-corrected chi connectivity index (χ3v) is 2.91. The molecule has 0 aliphatic carbocycles. The second-order valence-corrected chi connectivity index (χ2v) is 4.34. The Labute approximate surface area is 114 Å². The molecule has 19 heavy (non-hydrogen) atoms. The molecule has 1 aromatic heterocycles. The second kappa shape index (κ2) is 8.61. The van der Waals surface area contributed by atoms with Crippen LogP contribution in [0.1, 0.15) is 35.8 Å². The van der Waals surface area contributed by atoms with Crippen LogP contribution in [0.2, 0.25) is 0 Å². The molecule has 0 amide bonds. The van der Waals surface area contributed by atoms with Crippen LogP contribution in [0.15, 0.2) is 18.3 Å². The van der Waals surface area contributed by atoms with E-state index in [1.165, 1.54) is 7.11 Å². The molecule has 5 heteroatoms. The van der Waals surface area contributed by atoms with Gasteiger partial charge in [-0.2, -0.15) is 0 Å². The molecule has 0 fully saturated rings. The lowest BCUT2D eigenvalue weighted by molar-refractivity contribution is 0.0597. The lowest BCUT2D eigenvalue weighted by atomic mass is 10.1. The van der Waals surface area contributed by atoms with Gasteiger partial charge in [-0.3, -0.25) is 9.88 Å². The largest absolute Gasteiger partial charge is 0.465 e. The van der Waals surface area contributed by atoms with Crippen LogP contribution in [0.25, 0.3) is 0 Å². The molecule has 5 nitrogen and oxygen atoms in total. The van der Waals surface area contributed by atoms with Crippen LogP contribution in [0.3, 0.4) is 0 Å². The van der Waals surface area contributed by atoms with E-state index in [0.717, 1.165) is 19.4 Å². The van der Waals surface area contributed by atoms with E-state index in [4.69, 9.17) is 9.84 Å². The first-order valence-corrected chi connectivity index (χ1v) is 6.58. The van der Waals surface area contributed by atoms with Gasteiger partial charge >= 0.3 is 5.97 Å². The number of unbranched alkanes of at least 4 members (excludes halogenated alkanes) is 1. The van der Waals surface area contributed by atoms with Gasteiger partial charge in [-0.1, -0.05) is 13.3 Å². The van der Waals surface area contributed by atoms with Crippen molar-refractivity contribution < 1.29 is 14.6 Å². The highest BCUT2D eigenvalue weighted by atomic mass is 16.5. The van der Waals surface area contributed by atoms with Gasteiger partial charge in [-0.15, -0.1) is 0 Å². The number of hydrogen-bond acceptors (Lipinski definition) is 5. The van der Waals surface area contributed by atoms with Gasteiger partial charge in [0.25, 0.3) is 0 Å². The molecule has 0 aliphatic heterocycles. The van der Waals surface area contributed by atoms with Crippen LogP contribution in [0.5, 0.6) is 0 Å². The molecule has 0 aromatic carbocycles. The summed E-state index contributed by atoms with van der Waals surface area (Å²) in [5, 5.41) is 9.08. The molecule has 0 unspecified atom stereocenters. The molecular weight excluding hydrogens is 244 g/mol. The number of aliphatic hydroxyl groups excluding tert-OH is 1. The molecule has 0 aliphatic rings. The van der Waals surface area contributed by atoms with Crippen molar-refractivity contribution in [1.29, 1.82) is 0 Å². The Morgan fingerprint density at radius 3 is 2.89 bits per heavy atom. The van der Waals surface area contributed by atoms with E-state index in [2.05, 4.69) is 16.8 Å². The second-order valence-electron chi connectivity index (χ2n) is 4.34. The third kappa shape index (κ3) is 4.96. The molecule has 0 bridgehead atoms. The Bertz CT molecular complexity index is 396. The summed E-state index contributed by atoms with van der Waals surface area (Å²) in [6.45, 7) is 4.24. The van der Waals surface area contributed by atoms with E-state index in [-0.39, 0.29) is 12.6 Å². The van der Waals surface area contributed by atoms with Crippen LogP contribution in [0, 0.1) is 0 Å². The van der Waals surface area contributed by atoms with Crippen molar-refractivity contribution >= 4 is 5.97 Å². The summed E-state index contributed by atoms with van der Waals surface area (Å²) in [7, 11) is 1.36. The number of aromatic nitrogens is 1. The van der Waals surface area contributed by atoms with E-state index in [9.17, 15) is 4.79 Å². The zero-order valence-electron chi connectivity index (χ0n) is 11.6. The number of methoxy groups -OCH3 is 1. The quantitative estimate of drug-likeness (QED) is 0.722. The lowest BCUT2D eigenvalue weighted by Gasteiger charge is -2.21. The zero-order chi connectivity index (χ0) is 14.1. The highest BCUT2D eigenvalue weighted by molar-refractivity contribution is 5.90. The minimum atomic E-state index is -0.373. The molecular formula is C14H22N2O3. The van der Waals surface area contributed by atoms with Crippen molar-refractivity contribution in [2.75, 3.05) is 26.8 Å². The van der Waals surface area contributed by atoms with Gasteiger partial charge in [-0.25, -0.2) is 4.79 Å². The monoisotopic (exact) mass is 266 g/mol. The predicted octanol–water partition coefficient (Wildman–Crippen LogP) is 1.46. The fourth-order valence-electron chi connectivity index (χ4n) is 1.86. The first kappa shape index (κ1) is 15.6. The van der Waals surface area contributed by atoms with Crippen molar-refractivity contribution in [2.24, 2.45) is 0 Å². The maximum Gasteiger partial charge on any atom is 0.339 e. The summed E-state index contributed by atoms with van der Waals surface area (Å²) in [5.41, 5.74) is 1.18. The summed E-state index contributed by atoms with van der Waals surface area (Å²) in [4.78, 5) is 18.0. The van der Waals surface area contributed by atoms with E-state index < -0.39 is 0 Å². The van der Waals surface area contributed by atoms with Gasteiger partial charge in [0, 0.05) is 19.3 Å². The summed E-state index contributed by atoms with van der Waals surface area (Å²) >= 11 is 0. The minimum absolute atomic E-state index is 0.101. The Morgan fingerprint density at radius 2 is 2.26 bits per heavy atom. The number of rotatable bonds is 8. The number of esters is 1. The van der Waals surface area contributed by atoms with Gasteiger partial charge in [0.05, 0.1) is 25.0 Å². The average Bonchev–Trinajstić information content (AvgIpc) is 2.44. The van der Waals surface area contributed by atoms with Gasteiger partial charge in [0.15, 0.2) is 0 Å². The van der Waals surface area contributed by atoms with E-state index in [1.54, 1.807) is 18.3 Å². The van der Waals surface area contributed by atoms with E-state index in [0.29, 0.717) is 24.3 Å². The first-order valence-electron chi connectivity index (χ1n) is 6.58. The van der Waals surface area contributed by atoms with E-state index in [1.807, 2.05) is 0 Å². The fraction of sp³-hybridized carbons (Fsp3) is 0.571. The smallest absolute Gasteiger partial charge is 0.339 e. The third-order valence-electron chi connectivity index (χ3n) is 2.91. The maximum atomic E-state index is 11.7. The Kier molecular flexibility index (Phi) is 7.07. The number of carbonyl (C=O) groups is 1. The van der Waals surface area contributed by atoms with Crippen LogP contribution in [0.4, 0.5) is 0 Å². The van der Waals surface area contributed by atoms with E-state index >= 15 is 0 Å². The molecule has 1 heterocycles. The summed E-state index contributed by atoms with van der Waals surface area (Å²) < 4.78 is 4.75. The minimum Gasteiger partial charge on any atom is -0.465 e. The van der Waals surface area contributed by atoms with Crippen molar-refractivity contribution in [3.8, 4) is 0 Å². The zero-order valence-corrected chi connectivity index (χ0v) is 11.6. The van der Waals surface area contributed by atoms with Crippen LogP contribution in [-0.2, 0) is 11.3 Å². The van der Waals surface area contributed by atoms with Crippen LogP contribution in [-0.4, -0.2) is 47.8 Å². The number of pyridine rings is 1. The lowest BCUT2D eigenvalue weighted by Crippen LogP contribution is -2.29. The molecule has 0 radical (unpaired) electrons. The van der Waals surface area contributed by atoms with Crippen molar-refractivity contribution in [1.82, 2.24) is 9.88 Å². The SMILES string of the molecule is CCCCN(CCO)Cc1ncccc1C(=O)OC. The molecule has 1 aromatic rings. The first-order chi connectivity index (χ1) is 9.22. The standard InChI is InChI=1S/C14H22N2O3/c1-3-4-8-16(9-10-17)11-13-12(14(18)19-2)6-5-7-15-13/h5-7,17H,3-4,8-11H2,1-2H3. The Balaban J connectivity index is 2.80. The van der Waals surface area contributed by atoms with Crippen molar-refractivity contribution in [3.63, 3.8) is 0 Å². The Hall–Kier alpha value is -1.46. The van der Waals surface area contributed by atoms with Gasteiger partial charge in [0.2, 0.25) is 0 Å². The number of aliphatic hydroxyl groups is 1. The molecule has 1 N–H and O–H groups in total. The summed E-state index contributed by atoms with van der Waals surface area (Å²) in [5.74, 6) is -0.373.